The monoisotopic (exact) mass is 612 g/mol. The number of fused-ring (bicyclic) bond motifs is 1. The van der Waals surface area contributed by atoms with Crippen molar-refractivity contribution in [2.75, 3.05) is 7.11 Å². The van der Waals surface area contributed by atoms with Gasteiger partial charge in [0.05, 0.1) is 29.0 Å². The molecule has 0 fully saturated rings. The van der Waals surface area contributed by atoms with Gasteiger partial charge >= 0.3 is 5.97 Å². The maximum absolute atomic E-state index is 13.9. The van der Waals surface area contributed by atoms with Crippen LogP contribution in [0.25, 0.3) is 6.08 Å². The van der Waals surface area contributed by atoms with E-state index in [9.17, 15) is 9.59 Å². The molecule has 1 aliphatic rings. The lowest BCUT2D eigenvalue weighted by Crippen LogP contribution is -2.40. The Balaban J connectivity index is 1.63. The molecule has 0 unspecified atom stereocenters. The second-order valence-corrected chi connectivity index (χ2v) is 11.2. The second kappa shape index (κ2) is 12.0. The van der Waals surface area contributed by atoms with E-state index in [4.69, 9.17) is 49.3 Å². The minimum absolute atomic E-state index is 0.191. The molecular weight excluding hydrogens is 591 g/mol. The molecule has 0 amide bonds. The highest BCUT2D eigenvalue weighted by Gasteiger charge is 2.33. The topological polar surface area (TPSA) is 69.9 Å². The Morgan fingerprint density at radius 1 is 1.05 bits per heavy atom. The Labute approximate surface area is 249 Å². The van der Waals surface area contributed by atoms with E-state index in [1.165, 1.54) is 18.4 Å². The smallest absolute Gasteiger partial charge is 0.338 e. The third-order valence-electron chi connectivity index (χ3n) is 6.42. The molecular formula is C30H23Cl3N2O4S. The molecule has 1 aromatic heterocycles. The van der Waals surface area contributed by atoms with E-state index in [2.05, 4.69) is 0 Å². The van der Waals surface area contributed by atoms with Crippen LogP contribution in [-0.4, -0.2) is 17.6 Å². The van der Waals surface area contributed by atoms with E-state index in [0.717, 1.165) is 11.1 Å². The van der Waals surface area contributed by atoms with Gasteiger partial charge in [0.1, 0.15) is 12.4 Å². The van der Waals surface area contributed by atoms with Crippen molar-refractivity contribution < 1.29 is 14.3 Å². The van der Waals surface area contributed by atoms with E-state index in [1.807, 2.05) is 37.3 Å². The Hall–Kier alpha value is -3.36. The van der Waals surface area contributed by atoms with Gasteiger partial charge in [0, 0.05) is 26.2 Å². The summed E-state index contributed by atoms with van der Waals surface area (Å²) in [6, 6.07) is 19.1. The van der Waals surface area contributed by atoms with Crippen molar-refractivity contribution >= 4 is 58.2 Å². The number of hydrogen-bond acceptors (Lipinski definition) is 6. The Morgan fingerprint density at radius 3 is 2.48 bits per heavy atom. The van der Waals surface area contributed by atoms with E-state index >= 15 is 0 Å². The fourth-order valence-electron chi connectivity index (χ4n) is 4.51. The minimum Gasteiger partial charge on any atom is -0.488 e. The number of carbonyl (C=O) groups is 1. The van der Waals surface area contributed by atoms with Gasteiger partial charge in [0.25, 0.3) is 5.56 Å². The van der Waals surface area contributed by atoms with Crippen molar-refractivity contribution in [2.24, 2.45) is 4.99 Å². The predicted octanol–water partition coefficient (Wildman–Crippen LogP) is 6.34. The molecule has 0 saturated heterocycles. The number of allylic oxidation sites excluding steroid dienone is 1. The van der Waals surface area contributed by atoms with Crippen LogP contribution in [-0.2, 0) is 16.1 Å². The summed E-state index contributed by atoms with van der Waals surface area (Å²) in [5, 5.41) is 1.51. The second-order valence-electron chi connectivity index (χ2n) is 8.91. The summed E-state index contributed by atoms with van der Waals surface area (Å²) >= 11 is 19.9. The van der Waals surface area contributed by atoms with Crippen molar-refractivity contribution in [1.82, 2.24) is 4.57 Å². The van der Waals surface area contributed by atoms with Crippen molar-refractivity contribution in [3.05, 3.63) is 129 Å². The fourth-order valence-corrected chi connectivity index (χ4v) is 6.17. The summed E-state index contributed by atoms with van der Waals surface area (Å²) in [6.45, 7) is 2.11. The largest absolute Gasteiger partial charge is 0.488 e. The number of ether oxygens (including phenoxy) is 2. The molecule has 1 atom stereocenters. The standard InChI is InChI=1S/C30H23Cl3N2O4S/c1-3-23-26(29(37)38-2)27(17-7-5-4-6-8-17)35-28(36)25(40-30(35)34-23)14-19-13-20(31)11-12-24(19)39-16-18-9-10-21(32)15-22(18)33/h4-15,27H,3,16H2,1-2H3/b25-14+/t27-/m1/s1. The number of hydrogen-bond donors (Lipinski definition) is 0. The molecule has 40 heavy (non-hydrogen) atoms. The first kappa shape index (κ1) is 28.2. The molecule has 0 radical (unpaired) electrons. The number of esters is 1. The third-order valence-corrected chi connectivity index (χ3v) is 8.23. The maximum Gasteiger partial charge on any atom is 0.338 e. The molecule has 0 spiro atoms. The number of benzene rings is 3. The zero-order valence-electron chi connectivity index (χ0n) is 21.5. The SMILES string of the molecule is CCC1=C(C(=O)OC)[C@@H](c2ccccc2)n2c(s/c(=C/c3cc(Cl)ccc3OCc3ccc(Cl)cc3Cl)c2=O)=N1. The molecule has 5 rings (SSSR count). The first-order valence-corrected chi connectivity index (χ1v) is 14.3. The van der Waals surface area contributed by atoms with Gasteiger partial charge in [-0.3, -0.25) is 9.36 Å². The van der Waals surface area contributed by atoms with Crippen LogP contribution in [0.2, 0.25) is 15.1 Å². The fraction of sp³-hybridized carbons (Fsp3) is 0.167. The molecule has 10 heteroatoms. The zero-order chi connectivity index (χ0) is 28.4. The van der Waals surface area contributed by atoms with Gasteiger partial charge in [-0.05, 0) is 48.4 Å². The molecule has 4 aromatic rings. The van der Waals surface area contributed by atoms with Crippen molar-refractivity contribution in [2.45, 2.75) is 26.0 Å². The average Bonchev–Trinajstić information content (AvgIpc) is 3.26. The molecule has 0 bridgehead atoms. The summed E-state index contributed by atoms with van der Waals surface area (Å²) < 4.78 is 13.2. The first-order chi connectivity index (χ1) is 19.3. The van der Waals surface area contributed by atoms with E-state index in [1.54, 1.807) is 47.0 Å². The summed E-state index contributed by atoms with van der Waals surface area (Å²) in [6.07, 6.45) is 2.22. The number of thiazole rings is 1. The van der Waals surface area contributed by atoms with Gasteiger partial charge in [-0.1, -0.05) is 89.5 Å². The average molecular weight is 614 g/mol. The minimum atomic E-state index is -0.677. The van der Waals surface area contributed by atoms with Gasteiger partial charge in [-0.15, -0.1) is 0 Å². The first-order valence-electron chi connectivity index (χ1n) is 12.3. The number of nitrogens with zero attached hydrogens (tertiary/aromatic N) is 2. The van der Waals surface area contributed by atoms with Gasteiger partial charge in [0.15, 0.2) is 4.80 Å². The van der Waals surface area contributed by atoms with E-state index in [-0.39, 0.29) is 12.2 Å². The van der Waals surface area contributed by atoms with Crippen molar-refractivity contribution in [3.63, 3.8) is 0 Å². The molecule has 0 saturated carbocycles. The van der Waals surface area contributed by atoms with Crippen LogP contribution in [0, 0.1) is 0 Å². The van der Waals surface area contributed by atoms with Crippen LogP contribution in [0.3, 0.4) is 0 Å². The number of methoxy groups -OCH3 is 1. The number of rotatable bonds is 7. The molecule has 2 heterocycles. The van der Waals surface area contributed by atoms with Crippen LogP contribution >= 0.6 is 46.1 Å². The summed E-state index contributed by atoms with van der Waals surface area (Å²) in [5.74, 6) is 0.000444. The molecule has 204 valence electrons. The highest BCUT2D eigenvalue weighted by molar-refractivity contribution is 7.07. The normalized spacial score (nSPS) is 15.0. The van der Waals surface area contributed by atoms with Gasteiger partial charge in [-0.2, -0.15) is 0 Å². The molecule has 1 aliphatic heterocycles. The predicted molar refractivity (Wildman–Crippen MR) is 159 cm³/mol. The Kier molecular flexibility index (Phi) is 8.47. The highest BCUT2D eigenvalue weighted by Crippen LogP contribution is 2.32. The quantitative estimate of drug-likeness (QED) is 0.228. The Morgan fingerprint density at radius 2 is 1.77 bits per heavy atom. The van der Waals surface area contributed by atoms with Crippen LogP contribution in [0.5, 0.6) is 5.75 Å². The maximum atomic E-state index is 13.9. The lowest BCUT2D eigenvalue weighted by atomic mass is 9.95. The van der Waals surface area contributed by atoms with Crippen LogP contribution in [0.1, 0.15) is 36.1 Å². The van der Waals surface area contributed by atoms with Crippen LogP contribution in [0.4, 0.5) is 0 Å². The summed E-state index contributed by atoms with van der Waals surface area (Å²) in [7, 11) is 1.33. The van der Waals surface area contributed by atoms with E-state index < -0.39 is 12.0 Å². The summed E-state index contributed by atoms with van der Waals surface area (Å²) in [4.78, 5) is 32.0. The molecule has 0 N–H and O–H groups in total. The third kappa shape index (κ3) is 5.60. The summed E-state index contributed by atoms with van der Waals surface area (Å²) in [5.41, 5.74) is 2.80. The highest BCUT2D eigenvalue weighted by atomic mass is 35.5. The van der Waals surface area contributed by atoms with Gasteiger partial charge in [0.2, 0.25) is 0 Å². The zero-order valence-corrected chi connectivity index (χ0v) is 24.6. The number of carbonyl (C=O) groups excluding carboxylic acids is 1. The molecule has 0 aliphatic carbocycles. The van der Waals surface area contributed by atoms with Crippen LogP contribution in [0.15, 0.2) is 87.8 Å². The van der Waals surface area contributed by atoms with E-state index in [0.29, 0.717) is 53.4 Å². The Bertz CT molecular complexity index is 1810. The lowest BCUT2D eigenvalue weighted by molar-refractivity contribution is -0.136. The lowest BCUT2D eigenvalue weighted by Gasteiger charge is -2.25. The van der Waals surface area contributed by atoms with Crippen molar-refractivity contribution in [1.29, 1.82) is 0 Å². The molecule has 6 nitrogen and oxygen atoms in total. The van der Waals surface area contributed by atoms with Gasteiger partial charge < -0.3 is 9.47 Å². The molecule has 3 aromatic carbocycles. The number of aromatic nitrogens is 1. The van der Waals surface area contributed by atoms with Crippen molar-refractivity contribution in [3.8, 4) is 5.75 Å². The number of halogens is 3. The van der Waals surface area contributed by atoms with Crippen LogP contribution < -0.4 is 19.6 Å². The van der Waals surface area contributed by atoms with Gasteiger partial charge in [-0.25, -0.2) is 9.79 Å².